The van der Waals surface area contributed by atoms with Crippen LogP contribution in [0.2, 0.25) is 0 Å². The van der Waals surface area contributed by atoms with E-state index in [9.17, 15) is 4.79 Å². The number of nitrogens with one attached hydrogen (secondary N) is 2. The van der Waals surface area contributed by atoms with Gasteiger partial charge in [0.25, 0.3) is 5.91 Å². The molecule has 4 nitrogen and oxygen atoms in total. The van der Waals surface area contributed by atoms with Crippen molar-refractivity contribution in [2.24, 2.45) is 0 Å². The molecule has 2 N–H and O–H groups in total. The number of amides is 1. The number of rotatable bonds is 4. The van der Waals surface area contributed by atoms with Gasteiger partial charge >= 0.3 is 0 Å². The highest BCUT2D eigenvalue weighted by molar-refractivity contribution is 5.95. The molecule has 1 aromatic carbocycles. The summed E-state index contributed by atoms with van der Waals surface area (Å²) >= 11 is 0. The molecule has 0 aromatic heterocycles. The van der Waals surface area contributed by atoms with Crippen LogP contribution in [-0.2, 0) is 0 Å². The van der Waals surface area contributed by atoms with Crippen LogP contribution in [0.4, 0.5) is 5.69 Å². The normalized spacial score (nSPS) is 15.1. The van der Waals surface area contributed by atoms with Crippen LogP contribution in [0.1, 0.15) is 15.9 Å². The van der Waals surface area contributed by atoms with Gasteiger partial charge in [-0.15, -0.1) is 6.58 Å². The molecule has 0 radical (unpaired) electrons. The van der Waals surface area contributed by atoms with Crippen molar-refractivity contribution in [3.63, 3.8) is 0 Å². The second-order valence-corrected chi connectivity index (χ2v) is 4.74. The first-order chi connectivity index (χ1) is 9.22. The molecule has 0 atom stereocenters. The Morgan fingerprint density at radius 1 is 1.47 bits per heavy atom. The predicted octanol–water partition coefficient (Wildman–Crippen LogP) is 1.32. The topological polar surface area (TPSA) is 44.4 Å². The number of hydrogen-bond acceptors (Lipinski definition) is 3. The second kappa shape index (κ2) is 6.38. The van der Waals surface area contributed by atoms with Crippen LogP contribution in [0.25, 0.3) is 0 Å². The van der Waals surface area contributed by atoms with E-state index >= 15 is 0 Å². The summed E-state index contributed by atoms with van der Waals surface area (Å²) < 4.78 is 0. The molecule has 0 saturated carbocycles. The maximum absolute atomic E-state index is 11.9. The lowest BCUT2D eigenvalue weighted by Crippen LogP contribution is -2.43. The van der Waals surface area contributed by atoms with Gasteiger partial charge in [-0.1, -0.05) is 6.08 Å². The Kier molecular flexibility index (Phi) is 4.58. The van der Waals surface area contributed by atoms with Crippen molar-refractivity contribution in [1.82, 2.24) is 10.6 Å². The van der Waals surface area contributed by atoms with Gasteiger partial charge in [-0.05, 0) is 30.7 Å². The molecule has 0 aliphatic carbocycles. The van der Waals surface area contributed by atoms with Crippen molar-refractivity contribution in [1.29, 1.82) is 0 Å². The Bertz CT molecular complexity index is 464. The number of nitrogens with zero attached hydrogens (tertiary/aromatic N) is 1. The van der Waals surface area contributed by atoms with Crippen LogP contribution >= 0.6 is 0 Å². The smallest absolute Gasteiger partial charge is 0.251 e. The first-order valence-electron chi connectivity index (χ1n) is 6.68. The lowest BCUT2D eigenvalue weighted by molar-refractivity contribution is 0.0958. The average molecular weight is 259 g/mol. The van der Waals surface area contributed by atoms with Gasteiger partial charge in [-0.25, -0.2) is 0 Å². The molecular formula is C15H21N3O. The van der Waals surface area contributed by atoms with Crippen LogP contribution < -0.4 is 15.5 Å². The summed E-state index contributed by atoms with van der Waals surface area (Å²) in [5, 5.41) is 6.14. The van der Waals surface area contributed by atoms with Crippen LogP contribution in [-0.4, -0.2) is 38.6 Å². The highest BCUT2D eigenvalue weighted by atomic mass is 16.1. The summed E-state index contributed by atoms with van der Waals surface area (Å²) in [7, 11) is 0. The maximum atomic E-state index is 11.9. The minimum Gasteiger partial charge on any atom is -0.369 e. The number of anilines is 1. The summed E-state index contributed by atoms with van der Waals surface area (Å²) in [6.45, 7) is 10.2. The van der Waals surface area contributed by atoms with Crippen molar-refractivity contribution < 1.29 is 4.79 Å². The third kappa shape index (κ3) is 3.35. The second-order valence-electron chi connectivity index (χ2n) is 4.74. The average Bonchev–Trinajstić information content (AvgIpc) is 2.45. The largest absolute Gasteiger partial charge is 0.369 e. The molecule has 1 heterocycles. The first-order valence-corrected chi connectivity index (χ1v) is 6.68. The van der Waals surface area contributed by atoms with E-state index in [2.05, 4.69) is 29.0 Å². The lowest BCUT2D eigenvalue weighted by atomic mass is 10.1. The quantitative estimate of drug-likeness (QED) is 0.802. The number of piperazine rings is 1. The van der Waals surface area contributed by atoms with Gasteiger partial charge in [0.1, 0.15) is 0 Å². The van der Waals surface area contributed by atoms with E-state index in [4.69, 9.17) is 0 Å². The third-order valence-electron chi connectivity index (χ3n) is 3.32. The molecule has 0 spiro atoms. The molecule has 0 bridgehead atoms. The van der Waals surface area contributed by atoms with Crippen LogP contribution in [0.3, 0.4) is 0 Å². The van der Waals surface area contributed by atoms with Crippen molar-refractivity contribution in [2.45, 2.75) is 6.92 Å². The summed E-state index contributed by atoms with van der Waals surface area (Å²) in [4.78, 5) is 14.2. The number of aryl methyl sites for hydroxylation is 1. The Labute approximate surface area is 114 Å². The zero-order valence-corrected chi connectivity index (χ0v) is 11.4. The van der Waals surface area contributed by atoms with Crippen molar-refractivity contribution >= 4 is 11.6 Å². The van der Waals surface area contributed by atoms with E-state index < -0.39 is 0 Å². The van der Waals surface area contributed by atoms with Gasteiger partial charge in [-0.3, -0.25) is 4.79 Å². The minimum atomic E-state index is -0.0464. The fourth-order valence-corrected chi connectivity index (χ4v) is 2.32. The van der Waals surface area contributed by atoms with Gasteiger partial charge < -0.3 is 15.5 Å². The molecule has 1 saturated heterocycles. The molecule has 19 heavy (non-hydrogen) atoms. The Balaban J connectivity index is 2.12. The Hall–Kier alpha value is -1.81. The summed E-state index contributed by atoms with van der Waals surface area (Å²) in [5.41, 5.74) is 3.08. The van der Waals surface area contributed by atoms with Gasteiger partial charge in [-0.2, -0.15) is 0 Å². The zero-order valence-electron chi connectivity index (χ0n) is 11.4. The van der Waals surface area contributed by atoms with Crippen molar-refractivity contribution in [2.75, 3.05) is 37.6 Å². The maximum Gasteiger partial charge on any atom is 0.251 e. The molecule has 1 aliphatic rings. The van der Waals surface area contributed by atoms with E-state index in [1.807, 2.05) is 18.2 Å². The van der Waals surface area contributed by atoms with Crippen molar-refractivity contribution in [3.05, 3.63) is 42.0 Å². The Morgan fingerprint density at radius 2 is 2.21 bits per heavy atom. The zero-order chi connectivity index (χ0) is 13.7. The molecule has 2 rings (SSSR count). The van der Waals surface area contributed by atoms with Crippen LogP contribution in [0, 0.1) is 6.92 Å². The summed E-state index contributed by atoms with van der Waals surface area (Å²) in [6.07, 6.45) is 1.68. The highest BCUT2D eigenvalue weighted by Gasteiger charge is 2.14. The van der Waals surface area contributed by atoms with Crippen LogP contribution in [0.15, 0.2) is 30.9 Å². The van der Waals surface area contributed by atoms with Gasteiger partial charge in [0.15, 0.2) is 0 Å². The van der Waals surface area contributed by atoms with E-state index in [1.165, 1.54) is 5.69 Å². The molecule has 1 fully saturated rings. The molecular weight excluding hydrogens is 238 g/mol. The predicted molar refractivity (Wildman–Crippen MR) is 78.8 cm³/mol. The van der Waals surface area contributed by atoms with Crippen molar-refractivity contribution in [3.8, 4) is 0 Å². The monoisotopic (exact) mass is 259 g/mol. The number of carbonyl (C=O) groups is 1. The van der Waals surface area contributed by atoms with E-state index in [-0.39, 0.29) is 5.91 Å². The van der Waals surface area contributed by atoms with Gasteiger partial charge in [0.2, 0.25) is 0 Å². The number of hydrogen-bond donors (Lipinski definition) is 2. The van der Waals surface area contributed by atoms with Gasteiger partial charge in [0.05, 0.1) is 0 Å². The Morgan fingerprint density at radius 3 is 2.84 bits per heavy atom. The number of benzene rings is 1. The molecule has 102 valence electrons. The SMILES string of the molecule is C=CCNC(=O)c1ccc(N2CCNCC2)c(C)c1. The fourth-order valence-electron chi connectivity index (χ4n) is 2.32. The minimum absolute atomic E-state index is 0.0464. The molecule has 0 unspecified atom stereocenters. The van der Waals surface area contributed by atoms with Crippen LogP contribution in [0.5, 0.6) is 0 Å². The molecule has 1 aromatic rings. The third-order valence-corrected chi connectivity index (χ3v) is 3.32. The van der Waals surface area contributed by atoms with E-state index in [0.717, 1.165) is 31.7 Å². The van der Waals surface area contributed by atoms with E-state index in [1.54, 1.807) is 6.08 Å². The number of carbonyl (C=O) groups excluding carboxylic acids is 1. The lowest BCUT2D eigenvalue weighted by Gasteiger charge is -2.30. The summed E-state index contributed by atoms with van der Waals surface area (Å²) in [5.74, 6) is -0.0464. The first kappa shape index (κ1) is 13.6. The highest BCUT2D eigenvalue weighted by Crippen LogP contribution is 2.21. The summed E-state index contributed by atoms with van der Waals surface area (Å²) in [6, 6.07) is 5.89. The van der Waals surface area contributed by atoms with Gasteiger partial charge in [0, 0.05) is 44.0 Å². The molecule has 1 amide bonds. The molecule has 4 heteroatoms. The van der Waals surface area contributed by atoms with E-state index in [0.29, 0.717) is 12.1 Å². The standard InChI is InChI=1S/C15H21N3O/c1-3-6-17-15(19)13-4-5-14(12(2)11-13)18-9-7-16-8-10-18/h3-5,11,16H,1,6-10H2,2H3,(H,17,19). The molecule has 1 aliphatic heterocycles. The fraction of sp³-hybridized carbons (Fsp3) is 0.400.